The number of hydrogen-bond acceptors (Lipinski definition) is 3. The van der Waals surface area contributed by atoms with E-state index in [4.69, 9.17) is 9.47 Å². The number of benzene rings is 2. The molecule has 1 unspecified atom stereocenters. The zero-order valence-corrected chi connectivity index (χ0v) is 12.5. The molecule has 0 heterocycles. The lowest BCUT2D eigenvalue weighted by Crippen LogP contribution is -2.18. The third-order valence-electron chi connectivity index (χ3n) is 3.27. The minimum Gasteiger partial charge on any atom is -0.497 e. The molecular weight excluding hydrogens is 269 g/mol. The minimum atomic E-state index is -0.356. The summed E-state index contributed by atoms with van der Waals surface area (Å²) in [7, 11) is 3.12. The Hall–Kier alpha value is -2.23. The Labute approximate surface area is 124 Å². The molecule has 0 saturated carbocycles. The molecule has 0 radical (unpaired) electrons. The number of ether oxygens (including phenoxy) is 2. The molecule has 112 valence electrons. The van der Waals surface area contributed by atoms with E-state index in [1.165, 1.54) is 18.7 Å². The summed E-state index contributed by atoms with van der Waals surface area (Å²) >= 11 is 0. The van der Waals surface area contributed by atoms with Crippen molar-refractivity contribution in [2.45, 2.75) is 19.4 Å². The monoisotopic (exact) mass is 289 g/mol. The van der Waals surface area contributed by atoms with Crippen LogP contribution in [0.2, 0.25) is 0 Å². The molecule has 0 amide bonds. The molecule has 0 fully saturated rings. The van der Waals surface area contributed by atoms with Crippen molar-refractivity contribution < 1.29 is 13.9 Å². The third kappa shape index (κ3) is 4.12. The normalized spacial score (nSPS) is 11.8. The van der Waals surface area contributed by atoms with Gasteiger partial charge >= 0.3 is 0 Å². The van der Waals surface area contributed by atoms with E-state index in [0.717, 1.165) is 17.9 Å². The Kier molecular flexibility index (Phi) is 5.04. The van der Waals surface area contributed by atoms with Crippen molar-refractivity contribution in [3.63, 3.8) is 0 Å². The van der Waals surface area contributed by atoms with Gasteiger partial charge in [0.25, 0.3) is 0 Å². The zero-order valence-electron chi connectivity index (χ0n) is 12.5. The maximum absolute atomic E-state index is 13.4. The second kappa shape index (κ2) is 6.97. The van der Waals surface area contributed by atoms with E-state index >= 15 is 0 Å². The van der Waals surface area contributed by atoms with Gasteiger partial charge in [0.1, 0.15) is 5.75 Å². The highest BCUT2D eigenvalue weighted by atomic mass is 19.1. The molecule has 0 aliphatic rings. The number of hydrogen-bond donors (Lipinski definition) is 1. The fourth-order valence-electron chi connectivity index (χ4n) is 2.20. The summed E-state index contributed by atoms with van der Waals surface area (Å²) in [5, 5.41) is 3.34. The molecule has 0 aromatic heterocycles. The zero-order chi connectivity index (χ0) is 15.2. The standard InChI is InChI=1S/C17H20FNO2/c1-12(10-13-4-7-15(20-2)8-5-13)19-14-6-9-16(18)17(11-14)21-3/h4-9,11-12,19H,10H2,1-3H3. The smallest absolute Gasteiger partial charge is 0.165 e. The van der Waals surface area contributed by atoms with Crippen molar-refractivity contribution in [2.24, 2.45) is 0 Å². The molecule has 2 rings (SSSR count). The van der Waals surface area contributed by atoms with Crippen LogP contribution in [-0.2, 0) is 6.42 Å². The van der Waals surface area contributed by atoms with Crippen LogP contribution in [0.25, 0.3) is 0 Å². The summed E-state index contributed by atoms with van der Waals surface area (Å²) in [4.78, 5) is 0. The first-order chi connectivity index (χ1) is 10.1. The van der Waals surface area contributed by atoms with Gasteiger partial charge in [0.2, 0.25) is 0 Å². The van der Waals surface area contributed by atoms with E-state index in [-0.39, 0.29) is 17.6 Å². The summed E-state index contributed by atoms with van der Waals surface area (Å²) in [5.74, 6) is 0.741. The van der Waals surface area contributed by atoms with Crippen molar-refractivity contribution >= 4 is 5.69 Å². The molecule has 1 atom stereocenters. The third-order valence-corrected chi connectivity index (χ3v) is 3.27. The number of methoxy groups -OCH3 is 2. The lowest BCUT2D eigenvalue weighted by Gasteiger charge is -2.16. The molecule has 2 aromatic carbocycles. The van der Waals surface area contributed by atoms with E-state index in [1.54, 1.807) is 19.2 Å². The molecule has 0 spiro atoms. The van der Waals surface area contributed by atoms with E-state index in [0.29, 0.717) is 0 Å². The van der Waals surface area contributed by atoms with Gasteiger partial charge in [-0.1, -0.05) is 12.1 Å². The number of anilines is 1. The van der Waals surface area contributed by atoms with Gasteiger partial charge in [-0.3, -0.25) is 0 Å². The number of nitrogens with one attached hydrogen (secondary N) is 1. The van der Waals surface area contributed by atoms with Gasteiger partial charge in [-0.25, -0.2) is 4.39 Å². The maximum atomic E-state index is 13.4. The molecule has 3 nitrogen and oxygen atoms in total. The van der Waals surface area contributed by atoms with Gasteiger partial charge < -0.3 is 14.8 Å². The van der Waals surface area contributed by atoms with Crippen LogP contribution in [0.3, 0.4) is 0 Å². The van der Waals surface area contributed by atoms with Crippen molar-refractivity contribution in [3.8, 4) is 11.5 Å². The highest BCUT2D eigenvalue weighted by Crippen LogP contribution is 2.22. The van der Waals surface area contributed by atoms with Gasteiger partial charge in [-0.05, 0) is 43.2 Å². The van der Waals surface area contributed by atoms with Crippen LogP contribution in [0, 0.1) is 5.82 Å². The lowest BCUT2D eigenvalue weighted by atomic mass is 10.1. The van der Waals surface area contributed by atoms with Crippen molar-refractivity contribution in [2.75, 3.05) is 19.5 Å². The number of rotatable bonds is 6. The van der Waals surface area contributed by atoms with Crippen molar-refractivity contribution in [1.82, 2.24) is 0 Å². The van der Waals surface area contributed by atoms with Gasteiger partial charge in [0.15, 0.2) is 11.6 Å². The SMILES string of the molecule is COc1ccc(CC(C)Nc2ccc(F)c(OC)c2)cc1. The van der Waals surface area contributed by atoms with Crippen LogP contribution in [0.4, 0.5) is 10.1 Å². The Bertz CT molecular complexity index is 584. The predicted octanol–water partition coefficient (Wildman–Crippen LogP) is 3.89. The van der Waals surface area contributed by atoms with E-state index < -0.39 is 0 Å². The average Bonchev–Trinajstić information content (AvgIpc) is 2.50. The van der Waals surface area contributed by atoms with Crippen LogP contribution in [0.5, 0.6) is 11.5 Å². The lowest BCUT2D eigenvalue weighted by molar-refractivity contribution is 0.387. The topological polar surface area (TPSA) is 30.5 Å². The van der Waals surface area contributed by atoms with Gasteiger partial charge in [-0.2, -0.15) is 0 Å². The van der Waals surface area contributed by atoms with Crippen molar-refractivity contribution in [1.29, 1.82) is 0 Å². The minimum absolute atomic E-state index is 0.216. The Morgan fingerprint density at radius 2 is 1.76 bits per heavy atom. The summed E-state index contributed by atoms with van der Waals surface area (Å²) in [6.07, 6.45) is 0.865. The first kappa shape index (κ1) is 15.2. The predicted molar refractivity (Wildman–Crippen MR) is 82.7 cm³/mol. The van der Waals surface area contributed by atoms with Crippen LogP contribution in [0.15, 0.2) is 42.5 Å². The molecule has 0 bridgehead atoms. The fourth-order valence-corrected chi connectivity index (χ4v) is 2.20. The van der Waals surface area contributed by atoms with E-state index in [2.05, 4.69) is 12.2 Å². The molecule has 0 aliphatic heterocycles. The molecule has 2 aromatic rings. The van der Waals surface area contributed by atoms with Crippen LogP contribution in [-0.4, -0.2) is 20.3 Å². The molecule has 0 aliphatic carbocycles. The molecular formula is C17H20FNO2. The largest absolute Gasteiger partial charge is 0.497 e. The maximum Gasteiger partial charge on any atom is 0.165 e. The van der Waals surface area contributed by atoms with E-state index in [9.17, 15) is 4.39 Å². The van der Waals surface area contributed by atoms with Crippen molar-refractivity contribution in [3.05, 3.63) is 53.8 Å². The van der Waals surface area contributed by atoms with Gasteiger partial charge in [-0.15, -0.1) is 0 Å². The van der Waals surface area contributed by atoms with Gasteiger partial charge in [0, 0.05) is 17.8 Å². The molecule has 4 heteroatoms. The second-order valence-electron chi connectivity index (χ2n) is 4.95. The van der Waals surface area contributed by atoms with Crippen LogP contribution >= 0.6 is 0 Å². The molecule has 1 N–H and O–H groups in total. The highest BCUT2D eigenvalue weighted by molar-refractivity contribution is 5.49. The van der Waals surface area contributed by atoms with Gasteiger partial charge in [0.05, 0.1) is 14.2 Å². The Morgan fingerprint density at radius 1 is 1.05 bits per heavy atom. The second-order valence-corrected chi connectivity index (χ2v) is 4.95. The van der Waals surface area contributed by atoms with Crippen LogP contribution in [0.1, 0.15) is 12.5 Å². The number of halogens is 1. The fraction of sp³-hybridized carbons (Fsp3) is 0.294. The summed E-state index contributed by atoms with van der Waals surface area (Å²) in [5.41, 5.74) is 2.05. The summed E-state index contributed by atoms with van der Waals surface area (Å²) < 4.78 is 23.5. The Morgan fingerprint density at radius 3 is 2.38 bits per heavy atom. The molecule has 0 saturated heterocycles. The summed E-state index contributed by atoms with van der Waals surface area (Å²) in [6.45, 7) is 2.08. The first-order valence-electron chi connectivity index (χ1n) is 6.85. The summed E-state index contributed by atoms with van der Waals surface area (Å²) in [6, 6.07) is 13.0. The van der Waals surface area contributed by atoms with Crippen LogP contribution < -0.4 is 14.8 Å². The Balaban J connectivity index is 1.98. The molecule has 21 heavy (non-hydrogen) atoms. The van der Waals surface area contributed by atoms with E-state index in [1.807, 2.05) is 24.3 Å². The first-order valence-corrected chi connectivity index (χ1v) is 6.85. The average molecular weight is 289 g/mol. The highest BCUT2D eigenvalue weighted by Gasteiger charge is 2.07. The quantitative estimate of drug-likeness (QED) is 0.875.